The summed E-state index contributed by atoms with van der Waals surface area (Å²) < 4.78 is 4.69. The molecule has 0 aromatic heterocycles. The average Bonchev–Trinajstić information content (AvgIpc) is 2.04. The van der Waals surface area contributed by atoms with Crippen LogP contribution in [0, 0.1) is 0 Å². The molecule has 1 N–H and O–H groups in total. The van der Waals surface area contributed by atoms with Gasteiger partial charge in [0, 0.05) is 12.0 Å². The van der Waals surface area contributed by atoms with E-state index >= 15 is 0 Å². The minimum atomic E-state index is -0.424. The number of ether oxygens (including phenoxy) is 1. The van der Waals surface area contributed by atoms with Gasteiger partial charge in [-0.2, -0.15) is 0 Å². The first-order valence-electron chi connectivity index (χ1n) is 3.74. The predicted octanol–water partition coefficient (Wildman–Crippen LogP) is 1.04. The van der Waals surface area contributed by atoms with E-state index in [1.807, 2.05) is 0 Å². The van der Waals surface area contributed by atoms with Crippen molar-refractivity contribution in [1.82, 2.24) is 0 Å². The molecule has 0 unspecified atom stereocenters. The van der Waals surface area contributed by atoms with E-state index < -0.39 is 5.97 Å². The molecule has 3 nitrogen and oxygen atoms in total. The van der Waals surface area contributed by atoms with Gasteiger partial charge >= 0.3 is 5.97 Å². The van der Waals surface area contributed by atoms with Crippen LogP contribution in [-0.4, -0.2) is 24.3 Å². The van der Waals surface area contributed by atoms with Gasteiger partial charge in [0.25, 0.3) is 0 Å². The molecule has 0 heterocycles. The number of rotatable bonds is 5. The van der Waals surface area contributed by atoms with Crippen molar-refractivity contribution >= 4 is 5.97 Å². The van der Waals surface area contributed by atoms with E-state index in [-0.39, 0.29) is 6.61 Å². The summed E-state index contributed by atoms with van der Waals surface area (Å²) in [4.78, 5) is 10.9. The molecule has 0 rings (SSSR count). The highest BCUT2D eigenvalue weighted by molar-refractivity contribution is 5.88. The number of hydrogen-bond donors (Lipinski definition) is 1. The summed E-state index contributed by atoms with van der Waals surface area (Å²) in [5.41, 5.74) is 0.893. The minimum absolute atomic E-state index is 0.127. The monoisotopic (exact) mass is 170 g/mol. The Hall–Kier alpha value is -1.09. The molecule has 0 aromatic carbocycles. The number of carbonyl (C=O) groups is 1. The van der Waals surface area contributed by atoms with E-state index in [0.29, 0.717) is 24.2 Å². The summed E-state index contributed by atoms with van der Waals surface area (Å²) in [6.07, 6.45) is 0.301. The van der Waals surface area contributed by atoms with Crippen LogP contribution in [-0.2, 0) is 9.53 Å². The maximum absolute atomic E-state index is 10.9. The first kappa shape index (κ1) is 10.9. The fraction of sp³-hybridized carbons (Fsp3) is 0.444. The van der Waals surface area contributed by atoms with Crippen LogP contribution >= 0.6 is 0 Å². The Morgan fingerprint density at radius 3 is 2.50 bits per heavy atom. The Labute approximate surface area is 72.3 Å². The van der Waals surface area contributed by atoms with Crippen molar-refractivity contribution in [1.29, 1.82) is 0 Å². The third-order valence-corrected chi connectivity index (χ3v) is 1.25. The summed E-state index contributed by atoms with van der Waals surface area (Å²) in [5, 5.41) is 8.60. The van der Waals surface area contributed by atoms with Crippen molar-refractivity contribution in [3.63, 3.8) is 0 Å². The molecule has 0 aromatic rings. The zero-order valence-corrected chi connectivity index (χ0v) is 7.30. The Kier molecular flexibility index (Phi) is 5.04. The molecule has 0 aliphatic heterocycles. The summed E-state index contributed by atoms with van der Waals surface area (Å²) in [5.74, 6) is -0.424. The third-order valence-electron chi connectivity index (χ3n) is 1.25. The van der Waals surface area contributed by atoms with Gasteiger partial charge in [0.05, 0.1) is 13.2 Å². The molecule has 0 bridgehead atoms. The Bertz CT molecular complexity index is 194. The van der Waals surface area contributed by atoms with Crippen LogP contribution < -0.4 is 0 Å². The molecule has 12 heavy (non-hydrogen) atoms. The van der Waals surface area contributed by atoms with Crippen molar-refractivity contribution in [2.75, 3.05) is 13.2 Å². The highest BCUT2D eigenvalue weighted by Crippen LogP contribution is 2.07. The van der Waals surface area contributed by atoms with Gasteiger partial charge in [-0.15, -0.1) is 0 Å². The molecule has 0 radical (unpaired) electrons. The van der Waals surface area contributed by atoms with Crippen LogP contribution in [0.15, 0.2) is 24.3 Å². The SMILES string of the molecule is C=C(CO)CC(=C)C(=O)OCC. The number of esters is 1. The van der Waals surface area contributed by atoms with Crippen molar-refractivity contribution in [2.24, 2.45) is 0 Å². The Morgan fingerprint density at radius 1 is 1.50 bits per heavy atom. The smallest absolute Gasteiger partial charge is 0.333 e. The number of aliphatic hydroxyl groups excluding tert-OH is 1. The lowest BCUT2D eigenvalue weighted by Gasteiger charge is -2.04. The maximum atomic E-state index is 10.9. The maximum Gasteiger partial charge on any atom is 0.333 e. The van der Waals surface area contributed by atoms with Gasteiger partial charge in [0.15, 0.2) is 0 Å². The molecule has 0 atom stereocenters. The summed E-state index contributed by atoms with van der Waals surface area (Å²) in [7, 11) is 0. The topological polar surface area (TPSA) is 46.5 Å². The van der Waals surface area contributed by atoms with Gasteiger partial charge in [-0.3, -0.25) is 0 Å². The zero-order valence-electron chi connectivity index (χ0n) is 7.30. The lowest BCUT2D eigenvalue weighted by molar-refractivity contribution is -0.138. The van der Waals surface area contributed by atoms with Crippen LogP contribution in [0.2, 0.25) is 0 Å². The van der Waals surface area contributed by atoms with Crippen LogP contribution in [0.5, 0.6) is 0 Å². The van der Waals surface area contributed by atoms with Crippen molar-refractivity contribution in [2.45, 2.75) is 13.3 Å². The van der Waals surface area contributed by atoms with E-state index in [1.165, 1.54) is 0 Å². The summed E-state index contributed by atoms with van der Waals surface area (Å²) in [6, 6.07) is 0. The van der Waals surface area contributed by atoms with E-state index in [0.717, 1.165) is 0 Å². The molecule has 0 fully saturated rings. The molecular weight excluding hydrogens is 156 g/mol. The van der Waals surface area contributed by atoms with Gasteiger partial charge < -0.3 is 9.84 Å². The van der Waals surface area contributed by atoms with Gasteiger partial charge in [0.2, 0.25) is 0 Å². The van der Waals surface area contributed by atoms with Crippen molar-refractivity contribution in [3.05, 3.63) is 24.3 Å². The molecule has 0 amide bonds. The van der Waals surface area contributed by atoms with Crippen molar-refractivity contribution in [3.8, 4) is 0 Å². The fourth-order valence-corrected chi connectivity index (χ4v) is 0.663. The highest BCUT2D eigenvalue weighted by atomic mass is 16.5. The normalized spacial score (nSPS) is 9.17. The zero-order chi connectivity index (χ0) is 9.56. The minimum Gasteiger partial charge on any atom is -0.463 e. The first-order valence-corrected chi connectivity index (χ1v) is 3.74. The molecule has 3 heteroatoms. The van der Waals surface area contributed by atoms with Crippen LogP contribution in [0.3, 0.4) is 0 Å². The molecule has 0 aliphatic rings. The first-order chi connectivity index (χ1) is 5.61. The average molecular weight is 170 g/mol. The third kappa shape index (κ3) is 3.93. The standard InChI is InChI=1S/C9H14O3/c1-4-12-9(11)8(3)5-7(2)6-10/h10H,2-6H2,1H3. The molecule has 0 saturated carbocycles. The highest BCUT2D eigenvalue weighted by Gasteiger charge is 2.07. The molecule has 0 spiro atoms. The molecular formula is C9H14O3. The van der Waals surface area contributed by atoms with Crippen molar-refractivity contribution < 1.29 is 14.6 Å². The van der Waals surface area contributed by atoms with E-state index in [4.69, 9.17) is 5.11 Å². The van der Waals surface area contributed by atoms with E-state index in [1.54, 1.807) is 6.92 Å². The summed E-state index contributed by atoms with van der Waals surface area (Å²) in [6.45, 7) is 8.99. The second-order valence-corrected chi connectivity index (χ2v) is 2.41. The van der Waals surface area contributed by atoms with Crippen LogP contribution in [0.25, 0.3) is 0 Å². The lowest BCUT2D eigenvalue weighted by Crippen LogP contribution is -2.07. The van der Waals surface area contributed by atoms with Gasteiger partial charge in [0.1, 0.15) is 0 Å². The van der Waals surface area contributed by atoms with Gasteiger partial charge in [-0.1, -0.05) is 13.2 Å². The van der Waals surface area contributed by atoms with E-state index in [9.17, 15) is 4.79 Å². The lowest BCUT2D eigenvalue weighted by atomic mass is 10.1. The van der Waals surface area contributed by atoms with Gasteiger partial charge in [-0.25, -0.2) is 4.79 Å². The second kappa shape index (κ2) is 5.55. The molecule has 0 aliphatic carbocycles. The largest absolute Gasteiger partial charge is 0.463 e. The molecule has 68 valence electrons. The Morgan fingerprint density at radius 2 is 2.08 bits per heavy atom. The Balaban J connectivity index is 3.87. The van der Waals surface area contributed by atoms with Crippen LogP contribution in [0.4, 0.5) is 0 Å². The second-order valence-electron chi connectivity index (χ2n) is 2.41. The predicted molar refractivity (Wildman–Crippen MR) is 46.6 cm³/mol. The number of carbonyl (C=O) groups excluding carboxylic acids is 1. The number of hydrogen-bond acceptors (Lipinski definition) is 3. The summed E-state index contributed by atoms with van der Waals surface area (Å²) >= 11 is 0. The fourth-order valence-electron chi connectivity index (χ4n) is 0.663. The quantitative estimate of drug-likeness (QED) is 0.381. The molecule has 0 saturated heterocycles. The van der Waals surface area contributed by atoms with E-state index in [2.05, 4.69) is 17.9 Å². The van der Waals surface area contributed by atoms with Gasteiger partial charge in [-0.05, 0) is 12.5 Å². The van der Waals surface area contributed by atoms with Crippen LogP contribution in [0.1, 0.15) is 13.3 Å². The number of aliphatic hydroxyl groups is 1.